The normalized spacial score (nSPS) is 13.3. The van der Waals surface area contributed by atoms with Crippen LogP contribution in [0.2, 0.25) is 0 Å². The van der Waals surface area contributed by atoms with E-state index in [1.807, 2.05) is 0 Å². The molecule has 6 N–H and O–H groups in total. The molecule has 7 nitrogen and oxygen atoms in total. The second kappa shape index (κ2) is 4.23. The summed E-state index contributed by atoms with van der Waals surface area (Å²) in [6.07, 6.45) is 0. The van der Waals surface area contributed by atoms with Gasteiger partial charge in [0.15, 0.2) is 0 Å². The first kappa shape index (κ1) is 12.9. The third-order valence-corrected chi connectivity index (χ3v) is 1.49. The van der Waals surface area contributed by atoms with Crippen molar-refractivity contribution in [2.45, 2.75) is 6.04 Å². The molecule has 0 spiro atoms. The van der Waals surface area contributed by atoms with E-state index in [4.69, 9.17) is 15.4 Å². The molecule has 8 heteroatoms. The molecule has 0 saturated carbocycles. The molecule has 0 fully saturated rings. The van der Waals surface area contributed by atoms with Crippen LogP contribution in [0.3, 0.4) is 0 Å². The van der Waals surface area contributed by atoms with Gasteiger partial charge in [-0.05, 0) is 0 Å². The lowest BCUT2D eigenvalue weighted by Gasteiger charge is -2.01. The monoisotopic (exact) mass is 187 g/mol. The third-order valence-electron chi connectivity index (χ3n) is 0.707. The van der Waals surface area contributed by atoms with Gasteiger partial charge in [0, 0.05) is 0 Å². The van der Waals surface area contributed by atoms with E-state index in [1.54, 1.807) is 0 Å². The van der Waals surface area contributed by atoms with Gasteiger partial charge < -0.3 is 16.3 Å². The second-order valence-electron chi connectivity index (χ2n) is 1.69. The molecule has 0 aromatic rings. The van der Waals surface area contributed by atoms with Gasteiger partial charge in [0.1, 0.15) is 11.8 Å². The molecule has 0 rings (SSSR count). The van der Waals surface area contributed by atoms with Crippen molar-refractivity contribution < 1.29 is 28.3 Å². The summed E-state index contributed by atoms with van der Waals surface area (Å²) in [6.45, 7) is 0. The van der Waals surface area contributed by atoms with E-state index < -0.39 is 27.9 Å². The first-order valence-corrected chi connectivity index (χ1v) is 3.87. The van der Waals surface area contributed by atoms with Crippen LogP contribution < -0.4 is 5.73 Å². The minimum absolute atomic E-state index is 0. The van der Waals surface area contributed by atoms with Gasteiger partial charge in [0.05, 0.1) is 0 Å². The van der Waals surface area contributed by atoms with E-state index in [0.29, 0.717) is 0 Å². The zero-order valence-corrected chi connectivity index (χ0v) is 6.21. The molecular weight excluding hydrogens is 178 g/mol. The molecule has 0 aliphatic heterocycles. The smallest absolute Gasteiger partial charge is 0.321 e. The third kappa shape index (κ3) is 7.19. The lowest BCUT2D eigenvalue weighted by Crippen LogP contribution is -2.36. The fourth-order valence-corrected chi connectivity index (χ4v) is 0.895. The fourth-order valence-electron chi connectivity index (χ4n) is 0.298. The number of nitrogens with two attached hydrogens (primary N) is 1. The SMILES string of the molecule is N[C@@H](CS(=O)(=O)O)C(=O)O.O. The summed E-state index contributed by atoms with van der Waals surface area (Å²) >= 11 is 0. The topological polar surface area (TPSA) is 149 Å². The number of hydrogen-bond acceptors (Lipinski definition) is 4. The van der Waals surface area contributed by atoms with Gasteiger partial charge in [-0.25, -0.2) is 0 Å². The Balaban J connectivity index is 0. The van der Waals surface area contributed by atoms with Gasteiger partial charge in [-0.15, -0.1) is 0 Å². The molecule has 0 amide bonds. The number of carboxylic acids is 1. The van der Waals surface area contributed by atoms with Crippen LogP contribution in [-0.2, 0) is 14.9 Å². The zero-order valence-electron chi connectivity index (χ0n) is 5.39. The average molecular weight is 187 g/mol. The Morgan fingerprint density at radius 2 is 1.91 bits per heavy atom. The summed E-state index contributed by atoms with van der Waals surface area (Å²) < 4.78 is 28.0. The van der Waals surface area contributed by atoms with E-state index >= 15 is 0 Å². The van der Waals surface area contributed by atoms with Crippen LogP contribution in [0.1, 0.15) is 0 Å². The van der Waals surface area contributed by atoms with Crippen molar-refractivity contribution in [3.8, 4) is 0 Å². The Morgan fingerprint density at radius 1 is 1.55 bits per heavy atom. The first-order chi connectivity index (χ1) is 4.33. The molecule has 0 unspecified atom stereocenters. The van der Waals surface area contributed by atoms with Crippen LogP contribution in [-0.4, -0.2) is 41.3 Å². The maximum absolute atomic E-state index is 9.96. The van der Waals surface area contributed by atoms with Crippen LogP contribution in [0.5, 0.6) is 0 Å². The number of carbonyl (C=O) groups is 1. The van der Waals surface area contributed by atoms with Crippen molar-refractivity contribution in [1.29, 1.82) is 0 Å². The molecule has 0 aliphatic carbocycles. The highest BCUT2D eigenvalue weighted by atomic mass is 32.2. The van der Waals surface area contributed by atoms with Gasteiger partial charge in [0.2, 0.25) is 0 Å². The van der Waals surface area contributed by atoms with E-state index in [1.165, 1.54) is 0 Å². The van der Waals surface area contributed by atoms with Gasteiger partial charge in [0.25, 0.3) is 10.1 Å². The Labute approximate surface area is 62.9 Å². The van der Waals surface area contributed by atoms with Gasteiger partial charge in [-0.3, -0.25) is 9.35 Å². The molecule has 68 valence electrons. The predicted octanol–water partition coefficient (Wildman–Crippen LogP) is -2.54. The highest BCUT2D eigenvalue weighted by molar-refractivity contribution is 7.85. The van der Waals surface area contributed by atoms with Crippen LogP contribution in [0.15, 0.2) is 0 Å². The number of rotatable bonds is 3. The van der Waals surface area contributed by atoms with Crippen LogP contribution in [0.4, 0.5) is 0 Å². The largest absolute Gasteiger partial charge is 0.480 e. The molecule has 0 radical (unpaired) electrons. The molecule has 0 bridgehead atoms. The second-order valence-corrected chi connectivity index (χ2v) is 3.19. The van der Waals surface area contributed by atoms with Crippen molar-refractivity contribution in [3.63, 3.8) is 0 Å². The van der Waals surface area contributed by atoms with E-state index in [9.17, 15) is 13.2 Å². The number of carboxylic acid groups (broad SMARTS) is 1. The first-order valence-electron chi connectivity index (χ1n) is 2.26. The lowest BCUT2D eigenvalue weighted by molar-refractivity contribution is -0.138. The summed E-state index contributed by atoms with van der Waals surface area (Å²) in [4.78, 5) is 9.88. The molecule has 0 heterocycles. The van der Waals surface area contributed by atoms with Gasteiger partial charge >= 0.3 is 5.97 Å². The summed E-state index contributed by atoms with van der Waals surface area (Å²) in [5, 5.41) is 8.04. The Morgan fingerprint density at radius 3 is 2.00 bits per heavy atom. The molecule has 0 aromatic heterocycles. The molecule has 0 aromatic carbocycles. The Kier molecular flexibility index (Phi) is 4.98. The minimum Gasteiger partial charge on any atom is -0.480 e. The maximum Gasteiger partial charge on any atom is 0.321 e. The number of aliphatic carboxylic acids is 1. The Hall–Kier alpha value is -0.700. The van der Waals surface area contributed by atoms with Crippen LogP contribution in [0, 0.1) is 0 Å². The average Bonchev–Trinajstić information content (AvgIpc) is 1.60. The summed E-state index contributed by atoms with van der Waals surface area (Å²) in [5.41, 5.74) is 4.76. The summed E-state index contributed by atoms with van der Waals surface area (Å²) in [6, 6.07) is -1.56. The highest BCUT2D eigenvalue weighted by Gasteiger charge is 2.18. The van der Waals surface area contributed by atoms with E-state index in [2.05, 4.69) is 0 Å². The summed E-state index contributed by atoms with van der Waals surface area (Å²) in [5.74, 6) is -2.42. The number of hydrogen-bond donors (Lipinski definition) is 3. The minimum atomic E-state index is -4.27. The van der Waals surface area contributed by atoms with Gasteiger partial charge in [-0.2, -0.15) is 8.42 Å². The molecule has 0 saturated heterocycles. The fraction of sp³-hybridized carbons (Fsp3) is 0.667. The van der Waals surface area contributed by atoms with E-state index in [-0.39, 0.29) is 5.48 Å². The molecule has 1 atom stereocenters. The zero-order chi connectivity index (χ0) is 8.36. The quantitative estimate of drug-likeness (QED) is 0.414. The van der Waals surface area contributed by atoms with Gasteiger partial charge in [-0.1, -0.05) is 0 Å². The Bertz CT molecular complexity index is 220. The highest BCUT2D eigenvalue weighted by Crippen LogP contribution is 1.86. The van der Waals surface area contributed by atoms with Crippen molar-refractivity contribution in [2.75, 3.05) is 5.75 Å². The van der Waals surface area contributed by atoms with Crippen LogP contribution in [0.25, 0.3) is 0 Å². The molecule has 11 heavy (non-hydrogen) atoms. The van der Waals surface area contributed by atoms with E-state index in [0.717, 1.165) is 0 Å². The molecule has 0 aliphatic rings. The lowest BCUT2D eigenvalue weighted by atomic mass is 10.4. The van der Waals surface area contributed by atoms with Crippen molar-refractivity contribution in [3.05, 3.63) is 0 Å². The predicted molar refractivity (Wildman–Crippen MR) is 35.6 cm³/mol. The maximum atomic E-state index is 9.96. The standard InChI is InChI=1S/C3H7NO5S.H2O/c4-2(3(5)6)1-10(7,8)9;/h2H,1,4H2,(H,5,6)(H,7,8,9);1H2/t2-;/m0./s1. The molecular formula is C3H9NO6S. The van der Waals surface area contributed by atoms with Crippen molar-refractivity contribution in [1.82, 2.24) is 0 Å². The van der Waals surface area contributed by atoms with Crippen molar-refractivity contribution >= 4 is 16.1 Å². The van der Waals surface area contributed by atoms with Crippen molar-refractivity contribution in [2.24, 2.45) is 5.73 Å². The summed E-state index contributed by atoms with van der Waals surface area (Å²) in [7, 11) is -4.27. The van der Waals surface area contributed by atoms with Crippen LogP contribution >= 0.6 is 0 Å².